The molecule has 2 heteroatoms. The molecule has 1 nitrogen and oxygen atoms in total. The molecular weight excluding hydrogens is 188 g/mol. The zero-order valence-electron chi connectivity index (χ0n) is 8.49. The van der Waals surface area contributed by atoms with Crippen LogP contribution >= 0.6 is 0 Å². The minimum Gasteiger partial charge on any atom is -0.408 e. The van der Waals surface area contributed by atoms with Gasteiger partial charge < -0.3 is 4.43 Å². The van der Waals surface area contributed by atoms with Crippen LogP contribution in [0.25, 0.3) is 0 Å². The van der Waals surface area contributed by atoms with Gasteiger partial charge in [-0.15, -0.1) is 0 Å². The summed E-state index contributed by atoms with van der Waals surface area (Å²) < 4.78 is 5.90. The fourth-order valence-corrected chi connectivity index (χ4v) is 3.94. The summed E-state index contributed by atoms with van der Waals surface area (Å²) in [7, 11) is -0.854. The van der Waals surface area contributed by atoms with Gasteiger partial charge in [0.2, 0.25) is 0 Å². The van der Waals surface area contributed by atoms with Gasteiger partial charge in [0, 0.05) is 6.61 Å². The van der Waals surface area contributed by atoms with Gasteiger partial charge >= 0.3 is 0 Å². The molecule has 2 aliphatic carbocycles. The summed E-state index contributed by atoms with van der Waals surface area (Å²) >= 11 is 0. The van der Waals surface area contributed by atoms with Gasteiger partial charge in [-0.2, -0.15) is 0 Å². The van der Waals surface area contributed by atoms with Crippen molar-refractivity contribution in [2.45, 2.75) is 19.8 Å². The largest absolute Gasteiger partial charge is 0.408 e. The Balaban J connectivity index is 2.07. The first-order valence-corrected chi connectivity index (χ1v) is 6.54. The fourth-order valence-electron chi connectivity index (χ4n) is 1.77. The van der Waals surface area contributed by atoms with Gasteiger partial charge in [-0.25, -0.2) is 0 Å². The maximum atomic E-state index is 5.90. The maximum Gasteiger partial charge on any atom is 0.274 e. The Bertz CT molecular complexity index is 293. The minimum absolute atomic E-state index is 0.822. The van der Waals surface area contributed by atoms with E-state index < -0.39 is 9.04 Å². The van der Waals surface area contributed by atoms with Crippen molar-refractivity contribution >= 4 is 9.04 Å². The zero-order chi connectivity index (χ0) is 9.80. The summed E-state index contributed by atoms with van der Waals surface area (Å²) in [6.45, 7) is 2.90. The third kappa shape index (κ3) is 1.96. The van der Waals surface area contributed by atoms with E-state index in [0.29, 0.717) is 0 Å². The molecule has 0 fully saturated rings. The molecule has 0 heterocycles. The molecule has 0 aromatic heterocycles. The van der Waals surface area contributed by atoms with Crippen LogP contribution in [0.1, 0.15) is 19.8 Å². The first-order chi connectivity index (χ1) is 6.92. The maximum absolute atomic E-state index is 5.90. The second kappa shape index (κ2) is 4.58. The van der Waals surface area contributed by atoms with Gasteiger partial charge in [-0.3, -0.25) is 0 Å². The lowest BCUT2D eigenvalue weighted by atomic mass is 10.5. The number of rotatable bonds is 4. The molecule has 0 saturated carbocycles. The van der Waals surface area contributed by atoms with Crippen molar-refractivity contribution in [2.24, 2.45) is 0 Å². The molecule has 2 rings (SSSR count). The molecule has 0 unspecified atom stereocenters. The van der Waals surface area contributed by atoms with E-state index in [2.05, 4.69) is 43.4 Å². The van der Waals surface area contributed by atoms with Crippen molar-refractivity contribution in [1.82, 2.24) is 0 Å². The molecule has 0 spiro atoms. The van der Waals surface area contributed by atoms with E-state index in [-0.39, 0.29) is 0 Å². The number of allylic oxidation sites excluding steroid dienone is 8. The molecule has 0 atom stereocenters. The van der Waals surface area contributed by atoms with E-state index in [1.807, 2.05) is 0 Å². The predicted molar refractivity (Wildman–Crippen MR) is 61.1 cm³/mol. The molecule has 0 bridgehead atoms. The van der Waals surface area contributed by atoms with E-state index in [9.17, 15) is 0 Å². The highest BCUT2D eigenvalue weighted by Crippen LogP contribution is 2.24. The lowest BCUT2D eigenvalue weighted by Crippen LogP contribution is -2.23. The van der Waals surface area contributed by atoms with Crippen LogP contribution in [0.3, 0.4) is 0 Å². The highest BCUT2D eigenvalue weighted by Gasteiger charge is 2.24. The minimum atomic E-state index is -0.854. The molecule has 0 saturated heterocycles. The Hall–Kier alpha value is -0.863. The second-order valence-corrected chi connectivity index (χ2v) is 5.64. The second-order valence-electron chi connectivity index (χ2n) is 3.41. The first-order valence-electron chi connectivity index (χ1n) is 5.13. The van der Waals surface area contributed by atoms with Gasteiger partial charge in [0.05, 0.1) is 0 Å². The van der Waals surface area contributed by atoms with Crippen LogP contribution in [0.15, 0.2) is 46.8 Å². The van der Waals surface area contributed by atoms with E-state index in [1.54, 1.807) is 0 Å². The highest BCUT2D eigenvalue weighted by atomic mass is 28.3. The Labute approximate surface area is 87.2 Å². The third-order valence-corrected chi connectivity index (χ3v) is 4.90. The van der Waals surface area contributed by atoms with Gasteiger partial charge in [-0.05, 0) is 30.2 Å². The monoisotopic (exact) mass is 203 g/mol. The average Bonchev–Trinajstić information content (AvgIpc) is 2.87. The predicted octanol–water partition coefficient (Wildman–Crippen LogP) is 2.87. The average molecular weight is 203 g/mol. The van der Waals surface area contributed by atoms with Crippen molar-refractivity contribution < 1.29 is 4.43 Å². The molecule has 2 aliphatic rings. The van der Waals surface area contributed by atoms with Gasteiger partial charge in [0.25, 0.3) is 9.04 Å². The van der Waals surface area contributed by atoms with Crippen molar-refractivity contribution in [3.63, 3.8) is 0 Å². The lowest BCUT2D eigenvalue weighted by molar-refractivity contribution is 0.351. The Kier molecular flexibility index (Phi) is 3.17. The zero-order valence-corrected chi connectivity index (χ0v) is 9.49. The summed E-state index contributed by atoms with van der Waals surface area (Å²) in [4.78, 5) is 0. The Morgan fingerprint density at radius 3 is 2.07 bits per heavy atom. The van der Waals surface area contributed by atoms with Crippen LogP contribution in [0.5, 0.6) is 0 Å². The summed E-state index contributed by atoms with van der Waals surface area (Å²) in [5.74, 6) is 0. The van der Waals surface area contributed by atoms with Crippen molar-refractivity contribution in [3.8, 4) is 0 Å². The summed E-state index contributed by atoms with van der Waals surface area (Å²) in [5, 5.41) is 2.98. The van der Waals surface area contributed by atoms with E-state index in [0.717, 1.165) is 19.4 Å². The normalized spacial score (nSPS) is 19.3. The van der Waals surface area contributed by atoms with Gasteiger partial charge in [-0.1, -0.05) is 36.5 Å². The molecule has 0 amide bonds. The quantitative estimate of drug-likeness (QED) is 0.638. The molecule has 73 valence electrons. The summed E-state index contributed by atoms with van der Waals surface area (Å²) in [5.41, 5.74) is 0. The summed E-state index contributed by atoms with van der Waals surface area (Å²) in [6, 6.07) is 0. The Morgan fingerprint density at radius 1 is 1.14 bits per heavy atom. The van der Waals surface area contributed by atoms with Crippen LogP contribution < -0.4 is 0 Å². The molecule has 0 aromatic rings. The van der Waals surface area contributed by atoms with Crippen LogP contribution in [-0.4, -0.2) is 15.6 Å². The SMILES string of the molecule is CCO[Si](C1=CC=CC1)C1=CC=CC1. The smallest absolute Gasteiger partial charge is 0.274 e. The van der Waals surface area contributed by atoms with Crippen LogP contribution in [-0.2, 0) is 4.43 Å². The lowest BCUT2D eigenvalue weighted by Gasteiger charge is -2.16. The van der Waals surface area contributed by atoms with Crippen molar-refractivity contribution in [1.29, 1.82) is 0 Å². The van der Waals surface area contributed by atoms with Crippen LogP contribution in [0.4, 0.5) is 0 Å². The van der Waals surface area contributed by atoms with E-state index in [1.165, 1.54) is 10.4 Å². The number of hydrogen-bond donors (Lipinski definition) is 0. The van der Waals surface area contributed by atoms with E-state index >= 15 is 0 Å². The molecule has 0 N–H and O–H groups in total. The fraction of sp³-hybridized carbons (Fsp3) is 0.333. The van der Waals surface area contributed by atoms with E-state index in [4.69, 9.17) is 4.43 Å². The molecule has 1 radical (unpaired) electrons. The third-order valence-electron chi connectivity index (χ3n) is 2.41. The van der Waals surface area contributed by atoms with Gasteiger partial charge in [0.15, 0.2) is 0 Å². The van der Waals surface area contributed by atoms with Crippen molar-refractivity contribution in [3.05, 3.63) is 46.8 Å². The first kappa shape index (κ1) is 9.68. The topological polar surface area (TPSA) is 9.23 Å². The molecule has 0 aromatic carbocycles. The standard InChI is InChI=1S/C12H15OSi/c1-2-13-14(11-7-3-4-8-11)12-9-5-6-10-12/h3-7,9H,2,8,10H2,1H3. The Morgan fingerprint density at radius 2 is 1.71 bits per heavy atom. The molecular formula is C12H15OSi. The summed E-state index contributed by atoms with van der Waals surface area (Å²) in [6.07, 6.45) is 15.3. The molecule has 0 aliphatic heterocycles. The highest BCUT2D eigenvalue weighted by molar-refractivity contribution is 6.68. The number of hydrogen-bond acceptors (Lipinski definition) is 1. The van der Waals surface area contributed by atoms with Crippen molar-refractivity contribution in [2.75, 3.05) is 6.61 Å². The van der Waals surface area contributed by atoms with Crippen LogP contribution in [0.2, 0.25) is 0 Å². The van der Waals surface area contributed by atoms with Gasteiger partial charge in [0.1, 0.15) is 0 Å². The van der Waals surface area contributed by atoms with Crippen LogP contribution in [0, 0.1) is 0 Å². The molecule has 14 heavy (non-hydrogen) atoms.